The Kier molecular flexibility index (Phi) is 5.79. The van der Waals surface area contributed by atoms with Crippen LogP contribution >= 0.6 is 34.8 Å². The second kappa shape index (κ2) is 8.37. The van der Waals surface area contributed by atoms with Gasteiger partial charge in [-0.1, -0.05) is 40.9 Å². The molecular formula is C20H15Cl3FN5O2. The summed E-state index contributed by atoms with van der Waals surface area (Å²) < 4.78 is 19.5. The van der Waals surface area contributed by atoms with E-state index in [-0.39, 0.29) is 11.3 Å². The summed E-state index contributed by atoms with van der Waals surface area (Å²) in [7, 11) is 1.41. The van der Waals surface area contributed by atoms with Crippen LogP contribution < -0.4 is 15.4 Å². The zero-order chi connectivity index (χ0) is 22.2. The highest BCUT2D eigenvalue weighted by atomic mass is 35.5. The van der Waals surface area contributed by atoms with Gasteiger partial charge in [0.1, 0.15) is 5.75 Å². The van der Waals surface area contributed by atoms with Gasteiger partial charge in [-0.3, -0.25) is 9.79 Å². The molecule has 1 amide bonds. The van der Waals surface area contributed by atoms with Crippen LogP contribution in [0, 0.1) is 0 Å². The fraction of sp³-hybridized carbons (Fsp3) is 0.150. The number of carbonyl (C=O) groups excluding carboxylic acids is 1. The van der Waals surface area contributed by atoms with E-state index in [1.165, 1.54) is 25.5 Å². The summed E-state index contributed by atoms with van der Waals surface area (Å²) in [5.41, 5.74) is 1.67. The van der Waals surface area contributed by atoms with Crippen molar-refractivity contribution < 1.29 is 13.9 Å². The SMILES string of the molecule is COc1cc2nc(Nc3c(Cl)cccc3Cl)[nH]c2cc1C(=O)NC1(Cl)C=CN=CC1F. The highest BCUT2D eigenvalue weighted by Gasteiger charge is 2.38. The van der Waals surface area contributed by atoms with Crippen LogP contribution in [0.5, 0.6) is 5.75 Å². The van der Waals surface area contributed by atoms with Crippen molar-refractivity contribution in [2.24, 2.45) is 4.99 Å². The standard InChI is InChI=1S/C20H15Cl3FN5O2/c1-31-15-8-14-13(26-19(27-14)28-17-11(21)3-2-4-12(17)22)7-10(15)18(30)29-20(23)5-6-25-9-16(20)24/h2-9,16H,1H3,(H,29,30)(H2,26,27,28). The van der Waals surface area contributed by atoms with E-state index in [2.05, 4.69) is 25.6 Å². The molecule has 0 radical (unpaired) electrons. The smallest absolute Gasteiger partial charge is 0.256 e. The molecule has 0 saturated heterocycles. The maximum absolute atomic E-state index is 14.2. The molecule has 2 aromatic carbocycles. The van der Waals surface area contributed by atoms with E-state index in [4.69, 9.17) is 39.5 Å². The summed E-state index contributed by atoms with van der Waals surface area (Å²) in [6.07, 6.45) is 1.91. The molecular weight excluding hydrogens is 468 g/mol. The number of methoxy groups -OCH3 is 1. The molecule has 31 heavy (non-hydrogen) atoms. The number of carbonyl (C=O) groups is 1. The molecule has 160 valence electrons. The highest BCUT2D eigenvalue weighted by molar-refractivity contribution is 6.39. The number of rotatable bonds is 5. The zero-order valence-corrected chi connectivity index (χ0v) is 18.2. The first kappa shape index (κ1) is 21.4. The molecule has 11 heteroatoms. The fourth-order valence-corrected chi connectivity index (χ4v) is 3.70. The Labute approximate surface area is 191 Å². The average Bonchev–Trinajstić information content (AvgIpc) is 3.13. The highest BCUT2D eigenvalue weighted by Crippen LogP contribution is 2.33. The Bertz CT molecular complexity index is 1210. The monoisotopic (exact) mass is 481 g/mol. The van der Waals surface area contributed by atoms with Gasteiger partial charge in [0.2, 0.25) is 5.95 Å². The summed E-state index contributed by atoms with van der Waals surface area (Å²) in [6.45, 7) is 0. The quantitative estimate of drug-likeness (QED) is 0.343. The van der Waals surface area contributed by atoms with Gasteiger partial charge in [-0.05, 0) is 24.3 Å². The van der Waals surface area contributed by atoms with Crippen molar-refractivity contribution in [1.29, 1.82) is 0 Å². The third-order valence-electron chi connectivity index (χ3n) is 4.58. The van der Waals surface area contributed by atoms with E-state index in [1.807, 2.05) is 0 Å². The summed E-state index contributed by atoms with van der Waals surface area (Å²) >= 11 is 18.6. The predicted molar refractivity (Wildman–Crippen MR) is 121 cm³/mol. The lowest BCUT2D eigenvalue weighted by molar-refractivity contribution is 0.0920. The number of imidazole rings is 1. The van der Waals surface area contributed by atoms with Crippen LogP contribution in [0.3, 0.4) is 0 Å². The van der Waals surface area contributed by atoms with Crippen molar-refractivity contribution >= 4 is 69.6 Å². The van der Waals surface area contributed by atoms with Gasteiger partial charge in [0.15, 0.2) is 11.2 Å². The number of para-hydroxylation sites is 1. The van der Waals surface area contributed by atoms with Crippen molar-refractivity contribution in [3.8, 4) is 5.75 Å². The summed E-state index contributed by atoms with van der Waals surface area (Å²) in [4.78, 5) is 22.3. The maximum atomic E-state index is 14.2. The lowest BCUT2D eigenvalue weighted by atomic mass is 10.1. The lowest BCUT2D eigenvalue weighted by Crippen LogP contribution is -2.50. The van der Waals surface area contributed by atoms with Crippen molar-refractivity contribution in [1.82, 2.24) is 15.3 Å². The Morgan fingerprint density at radius 2 is 2.03 bits per heavy atom. The molecule has 3 aromatic rings. The van der Waals surface area contributed by atoms with Gasteiger partial charge in [-0.2, -0.15) is 0 Å². The minimum atomic E-state index is -1.75. The molecule has 1 aromatic heterocycles. The van der Waals surface area contributed by atoms with Crippen LogP contribution in [0.15, 0.2) is 47.6 Å². The zero-order valence-electron chi connectivity index (χ0n) is 15.9. The molecule has 3 N–H and O–H groups in total. The van der Waals surface area contributed by atoms with Crippen molar-refractivity contribution in [3.63, 3.8) is 0 Å². The van der Waals surface area contributed by atoms with E-state index in [1.54, 1.807) is 24.3 Å². The maximum Gasteiger partial charge on any atom is 0.256 e. The number of alkyl halides is 2. The molecule has 7 nitrogen and oxygen atoms in total. The minimum absolute atomic E-state index is 0.143. The van der Waals surface area contributed by atoms with Crippen LogP contribution in [-0.2, 0) is 0 Å². The van der Waals surface area contributed by atoms with Gasteiger partial charge in [-0.25, -0.2) is 9.37 Å². The number of anilines is 2. The first-order valence-corrected chi connectivity index (χ1v) is 10.1. The molecule has 0 saturated carbocycles. The van der Waals surface area contributed by atoms with Crippen LogP contribution in [0.4, 0.5) is 16.0 Å². The number of hydrogen-bond acceptors (Lipinski definition) is 5. The number of nitrogens with one attached hydrogen (secondary N) is 3. The van der Waals surface area contributed by atoms with Crippen molar-refractivity contribution in [2.45, 2.75) is 11.2 Å². The average molecular weight is 483 g/mol. The van der Waals surface area contributed by atoms with Crippen LogP contribution in [0.25, 0.3) is 11.0 Å². The number of fused-ring (bicyclic) bond motifs is 1. The number of nitrogens with zero attached hydrogens (tertiary/aromatic N) is 2. The second-order valence-corrected chi connectivity index (χ2v) is 8.05. The van der Waals surface area contributed by atoms with E-state index >= 15 is 0 Å². The first-order valence-electron chi connectivity index (χ1n) is 8.96. The molecule has 4 rings (SSSR count). The Morgan fingerprint density at radius 1 is 1.29 bits per heavy atom. The van der Waals surface area contributed by atoms with E-state index in [9.17, 15) is 9.18 Å². The Hall–Kier alpha value is -2.81. The number of aromatic amines is 1. The molecule has 0 spiro atoms. The second-order valence-electron chi connectivity index (χ2n) is 6.61. The summed E-state index contributed by atoms with van der Waals surface area (Å²) in [6, 6.07) is 8.21. The van der Waals surface area contributed by atoms with Gasteiger partial charge in [0.05, 0.1) is 39.4 Å². The Morgan fingerprint density at radius 3 is 2.71 bits per heavy atom. The van der Waals surface area contributed by atoms with Gasteiger partial charge in [0.25, 0.3) is 5.91 Å². The van der Waals surface area contributed by atoms with Gasteiger partial charge in [-0.15, -0.1) is 0 Å². The molecule has 2 unspecified atom stereocenters. The normalized spacial score (nSPS) is 20.1. The summed E-state index contributed by atoms with van der Waals surface area (Å²) in [5, 5.41) is 6.34. The number of hydrogen-bond donors (Lipinski definition) is 3. The molecule has 2 atom stereocenters. The third-order valence-corrected chi connectivity index (χ3v) is 5.64. The topological polar surface area (TPSA) is 91.4 Å². The first-order chi connectivity index (χ1) is 14.8. The van der Waals surface area contributed by atoms with Gasteiger partial charge >= 0.3 is 0 Å². The molecule has 0 aliphatic carbocycles. The van der Waals surface area contributed by atoms with Crippen molar-refractivity contribution in [2.75, 3.05) is 12.4 Å². The van der Waals surface area contributed by atoms with Crippen molar-refractivity contribution in [3.05, 3.63) is 58.2 Å². The molecule has 0 bridgehead atoms. The number of H-pyrrole nitrogens is 1. The Balaban J connectivity index is 1.66. The number of amides is 1. The van der Waals surface area contributed by atoms with Crippen LogP contribution in [0.1, 0.15) is 10.4 Å². The molecule has 2 heterocycles. The summed E-state index contributed by atoms with van der Waals surface area (Å²) in [5.74, 6) is -0.0359. The lowest BCUT2D eigenvalue weighted by Gasteiger charge is -2.28. The number of aliphatic imine (C=N–C) groups is 1. The largest absolute Gasteiger partial charge is 0.496 e. The van der Waals surface area contributed by atoms with Crippen LogP contribution in [0.2, 0.25) is 10.0 Å². The van der Waals surface area contributed by atoms with E-state index < -0.39 is 17.1 Å². The number of aromatic nitrogens is 2. The van der Waals surface area contributed by atoms with Gasteiger partial charge < -0.3 is 20.4 Å². The van der Waals surface area contributed by atoms with Gasteiger partial charge in [0, 0.05) is 18.5 Å². The fourth-order valence-electron chi connectivity index (χ4n) is 3.01. The third kappa shape index (κ3) is 4.19. The number of ether oxygens (including phenoxy) is 1. The predicted octanol–water partition coefficient (Wildman–Crippen LogP) is 5.22. The van der Waals surface area contributed by atoms with E-state index in [0.29, 0.717) is 32.7 Å². The number of benzene rings is 2. The molecule has 1 aliphatic rings. The van der Waals surface area contributed by atoms with Crippen LogP contribution in [-0.4, -0.2) is 40.4 Å². The van der Waals surface area contributed by atoms with E-state index in [0.717, 1.165) is 6.21 Å². The molecule has 1 aliphatic heterocycles. The minimum Gasteiger partial charge on any atom is -0.496 e. The molecule has 0 fully saturated rings. The number of halogens is 4.